The fourth-order valence-electron chi connectivity index (χ4n) is 2.21. The molecular formula is C17H17BrN2O3S. The van der Waals surface area contributed by atoms with Crippen molar-refractivity contribution in [2.24, 2.45) is 0 Å². The molecule has 24 heavy (non-hydrogen) atoms. The maximum Gasteiger partial charge on any atom is 0.255 e. The molecule has 0 unspecified atom stereocenters. The van der Waals surface area contributed by atoms with Crippen LogP contribution in [0, 0.1) is 6.92 Å². The van der Waals surface area contributed by atoms with Crippen LogP contribution in [-0.4, -0.2) is 20.4 Å². The van der Waals surface area contributed by atoms with E-state index in [1.54, 1.807) is 18.2 Å². The molecular weight excluding hydrogens is 392 g/mol. The van der Waals surface area contributed by atoms with Gasteiger partial charge in [-0.3, -0.25) is 4.79 Å². The van der Waals surface area contributed by atoms with Gasteiger partial charge < -0.3 is 5.32 Å². The zero-order valence-electron chi connectivity index (χ0n) is 13.0. The summed E-state index contributed by atoms with van der Waals surface area (Å²) in [6.45, 7) is 1.96. The Hall–Kier alpha value is -1.70. The Morgan fingerprint density at radius 2 is 1.92 bits per heavy atom. The SMILES string of the molecule is Cc1ccc(NC(=O)c2cccc(S(=O)(=O)NC3CC3)c2)c(Br)c1. The maximum atomic E-state index is 12.4. The van der Waals surface area contributed by atoms with E-state index >= 15 is 0 Å². The molecule has 3 rings (SSSR count). The Labute approximate surface area is 149 Å². The Kier molecular flexibility index (Phi) is 4.76. The molecule has 2 aromatic carbocycles. The number of anilines is 1. The first kappa shape index (κ1) is 17.1. The molecule has 126 valence electrons. The van der Waals surface area contributed by atoms with Gasteiger partial charge in [0.25, 0.3) is 5.91 Å². The van der Waals surface area contributed by atoms with Gasteiger partial charge in [-0.15, -0.1) is 0 Å². The van der Waals surface area contributed by atoms with Crippen LogP contribution in [0.5, 0.6) is 0 Å². The fourth-order valence-corrected chi connectivity index (χ4v) is 4.15. The number of rotatable bonds is 5. The second-order valence-corrected chi connectivity index (χ2v) is 8.43. The molecule has 1 aliphatic rings. The van der Waals surface area contributed by atoms with Crippen LogP contribution >= 0.6 is 15.9 Å². The van der Waals surface area contributed by atoms with Gasteiger partial charge in [0.15, 0.2) is 0 Å². The third-order valence-corrected chi connectivity index (χ3v) is 5.85. The highest BCUT2D eigenvalue weighted by atomic mass is 79.9. The quantitative estimate of drug-likeness (QED) is 0.795. The summed E-state index contributed by atoms with van der Waals surface area (Å²) in [4.78, 5) is 12.5. The van der Waals surface area contributed by atoms with Gasteiger partial charge in [-0.1, -0.05) is 12.1 Å². The minimum atomic E-state index is -3.58. The molecule has 0 spiro atoms. The van der Waals surface area contributed by atoms with Crippen LogP contribution in [0.1, 0.15) is 28.8 Å². The topological polar surface area (TPSA) is 75.3 Å². The molecule has 0 heterocycles. The van der Waals surface area contributed by atoms with Gasteiger partial charge in [0.1, 0.15) is 0 Å². The highest BCUT2D eigenvalue weighted by Crippen LogP contribution is 2.25. The lowest BCUT2D eigenvalue weighted by molar-refractivity contribution is 0.102. The smallest absolute Gasteiger partial charge is 0.255 e. The predicted molar refractivity (Wildman–Crippen MR) is 96.6 cm³/mol. The normalized spacial score (nSPS) is 14.4. The van der Waals surface area contributed by atoms with E-state index in [-0.39, 0.29) is 16.8 Å². The van der Waals surface area contributed by atoms with Crippen LogP contribution in [0.2, 0.25) is 0 Å². The van der Waals surface area contributed by atoms with Gasteiger partial charge in [-0.2, -0.15) is 0 Å². The molecule has 0 saturated heterocycles. The van der Waals surface area contributed by atoms with Crippen molar-refractivity contribution in [1.29, 1.82) is 0 Å². The molecule has 1 fully saturated rings. The van der Waals surface area contributed by atoms with Crippen LogP contribution in [0.25, 0.3) is 0 Å². The van der Waals surface area contributed by atoms with Crippen LogP contribution in [0.15, 0.2) is 51.8 Å². The number of nitrogens with one attached hydrogen (secondary N) is 2. The third kappa shape index (κ3) is 4.03. The second-order valence-electron chi connectivity index (χ2n) is 5.86. The van der Waals surface area contributed by atoms with Gasteiger partial charge in [0.2, 0.25) is 10.0 Å². The minimum absolute atomic E-state index is 0.0241. The van der Waals surface area contributed by atoms with E-state index in [1.807, 2.05) is 19.1 Å². The lowest BCUT2D eigenvalue weighted by Crippen LogP contribution is -2.26. The number of halogens is 1. The highest BCUT2D eigenvalue weighted by molar-refractivity contribution is 9.10. The number of carbonyl (C=O) groups is 1. The van der Waals surface area contributed by atoms with Gasteiger partial charge in [-0.25, -0.2) is 13.1 Å². The van der Waals surface area contributed by atoms with Crippen LogP contribution < -0.4 is 10.0 Å². The standard InChI is InChI=1S/C17H17BrN2O3S/c1-11-5-8-16(15(18)9-11)19-17(21)12-3-2-4-14(10-12)24(22,23)20-13-6-7-13/h2-5,8-10,13,20H,6-7H2,1H3,(H,19,21). The van der Waals surface area contributed by atoms with Crippen molar-refractivity contribution in [1.82, 2.24) is 4.72 Å². The Morgan fingerprint density at radius 1 is 1.17 bits per heavy atom. The lowest BCUT2D eigenvalue weighted by atomic mass is 10.2. The third-order valence-electron chi connectivity index (χ3n) is 3.68. The van der Waals surface area contributed by atoms with E-state index in [9.17, 15) is 13.2 Å². The number of amides is 1. The number of carbonyl (C=O) groups excluding carboxylic acids is 1. The van der Waals surface area contributed by atoms with Gasteiger partial charge in [0, 0.05) is 16.1 Å². The summed E-state index contributed by atoms with van der Waals surface area (Å²) >= 11 is 3.41. The summed E-state index contributed by atoms with van der Waals surface area (Å²) in [5.74, 6) is -0.358. The molecule has 1 aliphatic carbocycles. The second kappa shape index (κ2) is 6.66. The predicted octanol–water partition coefficient (Wildman–Crippen LogP) is 3.45. The Bertz CT molecular complexity index is 892. The first-order valence-corrected chi connectivity index (χ1v) is 9.83. The average molecular weight is 409 g/mol. The van der Waals surface area contributed by atoms with E-state index in [1.165, 1.54) is 12.1 Å². The van der Waals surface area contributed by atoms with Crippen LogP contribution in [0.3, 0.4) is 0 Å². The lowest BCUT2D eigenvalue weighted by Gasteiger charge is -2.10. The van der Waals surface area contributed by atoms with Crippen molar-refractivity contribution in [3.05, 3.63) is 58.1 Å². The van der Waals surface area contributed by atoms with Crippen molar-refractivity contribution >= 4 is 37.5 Å². The van der Waals surface area contributed by atoms with E-state index in [2.05, 4.69) is 26.0 Å². The van der Waals surface area contributed by atoms with Gasteiger partial charge in [0.05, 0.1) is 10.6 Å². The summed E-state index contributed by atoms with van der Waals surface area (Å²) in [7, 11) is -3.58. The maximum absolute atomic E-state index is 12.4. The fraction of sp³-hybridized carbons (Fsp3) is 0.235. The molecule has 0 atom stereocenters. The van der Waals surface area contributed by atoms with E-state index in [0.717, 1.165) is 22.9 Å². The Morgan fingerprint density at radius 3 is 2.58 bits per heavy atom. The van der Waals surface area contributed by atoms with Crippen molar-refractivity contribution in [3.63, 3.8) is 0 Å². The molecule has 0 aromatic heterocycles. The number of hydrogen-bond donors (Lipinski definition) is 2. The summed E-state index contributed by atoms with van der Waals surface area (Å²) in [6, 6.07) is 11.7. The molecule has 0 aliphatic heterocycles. The van der Waals surface area contributed by atoms with Gasteiger partial charge >= 0.3 is 0 Å². The Balaban J connectivity index is 1.81. The zero-order valence-corrected chi connectivity index (χ0v) is 15.4. The molecule has 1 saturated carbocycles. The van der Waals surface area contributed by atoms with Crippen LogP contribution in [-0.2, 0) is 10.0 Å². The summed E-state index contributed by atoms with van der Waals surface area (Å²) < 4.78 is 27.9. The number of hydrogen-bond acceptors (Lipinski definition) is 3. The van der Waals surface area contributed by atoms with Crippen molar-refractivity contribution in [3.8, 4) is 0 Å². The zero-order chi connectivity index (χ0) is 17.3. The van der Waals surface area contributed by atoms with Gasteiger partial charge in [-0.05, 0) is 71.6 Å². The summed E-state index contributed by atoms with van der Waals surface area (Å²) in [6.07, 6.45) is 1.72. The highest BCUT2D eigenvalue weighted by Gasteiger charge is 2.28. The number of sulfonamides is 1. The first-order valence-electron chi connectivity index (χ1n) is 7.55. The molecule has 1 amide bonds. The molecule has 0 bridgehead atoms. The molecule has 2 N–H and O–H groups in total. The largest absolute Gasteiger partial charge is 0.321 e. The number of aryl methyl sites for hydroxylation is 1. The van der Waals surface area contributed by atoms with E-state index in [0.29, 0.717) is 11.3 Å². The molecule has 5 nitrogen and oxygen atoms in total. The average Bonchev–Trinajstić information content (AvgIpc) is 3.33. The van der Waals surface area contributed by atoms with E-state index in [4.69, 9.17) is 0 Å². The summed E-state index contributed by atoms with van der Waals surface area (Å²) in [5, 5.41) is 2.78. The first-order chi connectivity index (χ1) is 11.3. The van der Waals surface area contributed by atoms with Crippen LogP contribution in [0.4, 0.5) is 5.69 Å². The summed E-state index contributed by atoms with van der Waals surface area (Å²) in [5.41, 5.74) is 2.00. The minimum Gasteiger partial charge on any atom is -0.321 e. The molecule has 7 heteroatoms. The number of benzene rings is 2. The van der Waals surface area contributed by atoms with E-state index < -0.39 is 10.0 Å². The van der Waals surface area contributed by atoms with Crippen molar-refractivity contribution in [2.45, 2.75) is 30.7 Å². The monoisotopic (exact) mass is 408 g/mol. The van der Waals surface area contributed by atoms with Crippen molar-refractivity contribution < 1.29 is 13.2 Å². The molecule has 2 aromatic rings. The molecule has 0 radical (unpaired) electrons. The van der Waals surface area contributed by atoms with Crippen molar-refractivity contribution in [2.75, 3.05) is 5.32 Å².